The number of ether oxygens (including phenoxy) is 1. The number of benzene rings is 4. The lowest BCUT2D eigenvalue weighted by Crippen LogP contribution is -2.07. The lowest BCUT2D eigenvalue weighted by Gasteiger charge is -2.17. The van der Waals surface area contributed by atoms with Gasteiger partial charge in [0.2, 0.25) is 0 Å². The predicted octanol–water partition coefficient (Wildman–Crippen LogP) is 8.18. The molecule has 196 valence electrons. The van der Waals surface area contributed by atoms with Crippen LogP contribution in [0, 0.1) is 0 Å². The molecule has 1 aromatic heterocycles. The molecule has 0 amide bonds. The number of carbonyl (C=O) groups is 1. The van der Waals surface area contributed by atoms with Crippen molar-refractivity contribution >= 4 is 16.9 Å². The van der Waals surface area contributed by atoms with Crippen LogP contribution >= 0.6 is 0 Å². The van der Waals surface area contributed by atoms with Crippen molar-refractivity contribution in [2.24, 2.45) is 0 Å². The van der Waals surface area contributed by atoms with E-state index in [1.54, 1.807) is 12.1 Å². The molecule has 39 heavy (non-hydrogen) atoms. The Bertz CT molecular complexity index is 1610. The second-order valence-electron chi connectivity index (χ2n) is 9.14. The van der Waals surface area contributed by atoms with Crippen molar-refractivity contribution in [1.29, 1.82) is 0 Å². The maximum absolute atomic E-state index is 13.8. The lowest BCUT2D eigenvalue weighted by atomic mass is 9.91. The van der Waals surface area contributed by atoms with Crippen molar-refractivity contribution in [3.63, 3.8) is 0 Å². The fraction of sp³-hybridized carbons (Fsp3) is 0.125. The Balaban J connectivity index is 1.51. The van der Waals surface area contributed by atoms with Gasteiger partial charge in [-0.3, -0.25) is 9.78 Å². The molecule has 5 aromatic rings. The van der Waals surface area contributed by atoms with Crippen molar-refractivity contribution in [3.8, 4) is 28.0 Å². The topological polar surface area (TPSA) is 59.4 Å². The molecule has 0 unspecified atom stereocenters. The highest BCUT2D eigenvalue weighted by Crippen LogP contribution is 2.42. The first-order valence-corrected chi connectivity index (χ1v) is 12.4. The van der Waals surface area contributed by atoms with E-state index in [0.717, 1.165) is 28.3 Å². The van der Waals surface area contributed by atoms with Crippen molar-refractivity contribution in [2.75, 3.05) is 0 Å². The summed E-state index contributed by atoms with van der Waals surface area (Å²) in [4.78, 5) is 15.0. The van der Waals surface area contributed by atoms with Crippen molar-refractivity contribution in [1.82, 2.24) is 4.98 Å². The van der Waals surface area contributed by atoms with Crippen LogP contribution < -0.4 is 4.74 Å². The lowest BCUT2D eigenvalue weighted by molar-refractivity contribution is -0.137. The predicted molar refractivity (Wildman–Crippen MR) is 144 cm³/mol. The molecule has 1 heterocycles. The van der Waals surface area contributed by atoms with Gasteiger partial charge in [0.1, 0.15) is 12.4 Å². The van der Waals surface area contributed by atoms with Gasteiger partial charge in [0, 0.05) is 29.1 Å². The number of aryl methyl sites for hydroxylation is 1. The molecule has 4 aromatic carbocycles. The standard InChI is InChI=1S/C32H24F3NO3/c33-32(34,35)28-11-5-10-26-30(27(19-36-31(26)28)23-6-2-1-3-7-23)24-8-4-9-25(18-24)39-20-22-14-12-21(13-15-22)16-17-29(37)38/h1-15,18-19H,16-17,20H2,(H,37,38). The minimum Gasteiger partial charge on any atom is -0.489 e. The van der Waals surface area contributed by atoms with Crippen LogP contribution in [-0.2, 0) is 24.0 Å². The molecule has 7 heteroatoms. The first kappa shape index (κ1) is 26.0. The van der Waals surface area contributed by atoms with Crippen LogP contribution in [0.15, 0.2) is 103 Å². The molecule has 0 aliphatic heterocycles. The van der Waals surface area contributed by atoms with E-state index in [-0.39, 0.29) is 18.5 Å². The van der Waals surface area contributed by atoms with E-state index in [2.05, 4.69) is 4.98 Å². The molecule has 0 saturated carbocycles. The molecule has 0 atom stereocenters. The summed E-state index contributed by atoms with van der Waals surface area (Å²) >= 11 is 0. The normalized spacial score (nSPS) is 11.5. The molecule has 0 saturated heterocycles. The summed E-state index contributed by atoms with van der Waals surface area (Å²) in [5.74, 6) is -0.271. The summed E-state index contributed by atoms with van der Waals surface area (Å²) in [6.07, 6.45) is -2.51. The molecule has 0 fully saturated rings. The monoisotopic (exact) mass is 527 g/mol. The molecular weight excluding hydrogens is 503 g/mol. The minimum atomic E-state index is -4.54. The fourth-order valence-electron chi connectivity index (χ4n) is 4.56. The third-order valence-electron chi connectivity index (χ3n) is 6.47. The van der Waals surface area contributed by atoms with Crippen molar-refractivity contribution < 1.29 is 27.8 Å². The van der Waals surface area contributed by atoms with E-state index in [1.807, 2.05) is 72.8 Å². The number of aromatic nitrogens is 1. The number of carboxylic acids is 1. The summed E-state index contributed by atoms with van der Waals surface area (Å²) in [7, 11) is 0. The van der Waals surface area contributed by atoms with Crippen LogP contribution in [0.5, 0.6) is 5.75 Å². The first-order valence-electron chi connectivity index (χ1n) is 12.4. The first-order chi connectivity index (χ1) is 18.8. The number of alkyl halides is 3. The van der Waals surface area contributed by atoms with E-state index in [4.69, 9.17) is 9.84 Å². The SMILES string of the molecule is O=C(O)CCc1ccc(COc2cccc(-c3c(-c4ccccc4)cnc4c(C(F)(F)F)cccc34)c2)cc1. The number of rotatable bonds is 8. The van der Waals surface area contributed by atoms with Crippen molar-refractivity contribution in [2.45, 2.75) is 25.6 Å². The highest BCUT2D eigenvalue weighted by atomic mass is 19.4. The maximum Gasteiger partial charge on any atom is 0.418 e. The van der Waals surface area contributed by atoms with Crippen molar-refractivity contribution in [3.05, 3.63) is 120 Å². The summed E-state index contributed by atoms with van der Waals surface area (Å²) in [6, 6.07) is 28.4. The maximum atomic E-state index is 13.8. The zero-order chi connectivity index (χ0) is 27.4. The third kappa shape index (κ3) is 5.93. The summed E-state index contributed by atoms with van der Waals surface area (Å²) in [6.45, 7) is 0.281. The molecule has 4 nitrogen and oxygen atoms in total. The number of nitrogens with zero attached hydrogens (tertiary/aromatic N) is 1. The van der Waals surface area contributed by atoms with Crippen LogP contribution in [0.4, 0.5) is 13.2 Å². The minimum absolute atomic E-state index is 0.0712. The second-order valence-corrected chi connectivity index (χ2v) is 9.14. The van der Waals surface area contributed by atoms with Gasteiger partial charge in [-0.15, -0.1) is 0 Å². The zero-order valence-corrected chi connectivity index (χ0v) is 20.8. The van der Waals surface area contributed by atoms with E-state index in [0.29, 0.717) is 28.7 Å². The Hall–Kier alpha value is -4.65. The van der Waals surface area contributed by atoms with Crippen LogP contribution in [0.1, 0.15) is 23.1 Å². The highest BCUT2D eigenvalue weighted by Gasteiger charge is 2.33. The van der Waals surface area contributed by atoms with Gasteiger partial charge in [0.05, 0.1) is 11.1 Å². The second kappa shape index (κ2) is 11.0. The highest BCUT2D eigenvalue weighted by molar-refractivity contribution is 6.03. The summed E-state index contributed by atoms with van der Waals surface area (Å²) < 4.78 is 47.5. The molecule has 0 aliphatic carbocycles. The van der Waals surface area contributed by atoms with E-state index < -0.39 is 17.7 Å². The van der Waals surface area contributed by atoms with Gasteiger partial charge in [0.15, 0.2) is 0 Å². The third-order valence-corrected chi connectivity index (χ3v) is 6.47. The number of hydrogen-bond donors (Lipinski definition) is 1. The number of fused-ring (bicyclic) bond motifs is 1. The van der Waals surface area contributed by atoms with Gasteiger partial charge in [-0.2, -0.15) is 13.2 Å². The van der Waals surface area contributed by atoms with E-state index in [9.17, 15) is 18.0 Å². The Morgan fingerprint density at radius 1 is 0.821 bits per heavy atom. The molecule has 0 bridgehead atoms. The summed E-state index contributed by atoms with van der Waals surface area (Å²) in [5.41, 5.74) is 3.87. The largest absolute Gasteiger partial charge is 0.489 e. The van der Waals surface area contributed by atoms with Gasteiger partial charge in [0.25, 0.3) is 0 Å². The van der Waals surface area contributed by atoms with Gasteiger partial charge >= 0.3 is 12.1 Å². The average molecular weight is 528 g/mol. The number of carboxylic acid groups (broad SMARTS) is 1. The molecule has 0 aliphatic rings. The van der Waals surface area contributed by atoms with Crippen LogP contribution in [0.3, 0.4) is 0 Å². The molecule has 5 rings (SSSR count). The Kier molecular flexibility index (Phi) is 7.32. The number of pyridine rings is 1. The smallest absolute Gasteiger partial charge is 0.418 e. The number of halogens is 3. The Morgan fingerprint density at radius 2 is 1.51 bits per heavy atom. The average Bonchev–Trinajstić information content (AvgIpc) is 2.94. The van der Waals surface area contributed by atoms with Gasteiger partial charge in [-0.25, -0.2) is 0 Å². The van der Waals surface area contributed by atoms with E-state index in [1.165, 1.54) is 12.3 Å². The number of hydrogen-bond acceptors (Lipinski definition) is 3. The molecule has 0 radical (unpaired) electrons. The fourth-order valence-corrected chi connectivity index (χ4v) is 4.56. The van der Waals surface area contributed by atoms with Gasteiger partial charge in [-0.05, 0) is 46.9 Å². The number of para-hydroxylation sites is 1. The van der Waals surface area contributed by atoms with Crippen LogP contribution in [0.2, 0.25) is 0 Å². The molecule has 0 spiro atoms. The van der Waals surface area contributed by atoms with E-state index >= 15 is 0 Å². The van der Waals surface area contributed by atoms with Crippen LogP contribution in [0.25, 0.3) is 33.2 Å². The number of aliphatic carboxylic acids is 1. The Morgan fingerprint density at radius 3 is 2.23 bits per heavy atom. The Labute approximate surface area is 223 Å². The molecular formula is C32H24F3NO3. The molecule has 1 N–H and O–H groups in total. The van der Waals surface area contributed by atoms with Gasteiger partial charge in [-0.1, -0.05) is 78.9 Å². The zero-order valence-electron chi connectivity index (χ0n) is 20.8. The van der Waals surface area contributed by atoms with Crippen LogP contribution in [-0.4, -0.2) is 16.1 Å². The summed E-state index contributed by atoms with van der Waals surface area (Å²) in [5, 5.41) is 9.26. The quantitative estimate of drug-likeness (QED) is 0.221. The van der Waals surface area contributed by atoms with Gasteiger partial charge < -0.3 is 9.84 Å².